The summed E-state index contributed by atoms with van der Waals surface area (Å²) in [6, 6.07) is 9.67. The molecule has 0 aliphatic carbocycles. The molecule has 1 atom stereocenters. The Bertz CT molecular complexity index is 487. The van der Waals surface area contributed by atoms with E-state index in [0.29, 0.717) is 6.54 Å². The monoisotopic (exact) mass is 202 g/mol. The van der Waals surface area contributed by atoms with E-state index in [0.717, 1.165) is 5.52 Å². The Morgan fingerprint density at radius 2 is 2.13 bits per heavy atom. The first kappa shape index (κ1) is 9.80. The average Bonchev–Trinajstić information content (AvgIpc) is 2.62. The Kier molecular flexibility index (Phi) is 2.47. The number of hydrogen-bond donors (Lipinski definition) is 2. The second-order valence-electron chi connectivity index (χ2n) is 3.62. The van der Waals surface area contributed by atoms with Gasteiger partial charge in [0.1, 0.15) is 5.76 Å². The van der Waals surface area contributed by atoms with Crippen molar-refractivity contribution >= 4 is 10.9 Å². The fraction of sp³-hybridized carbons (Fsp3) is 0.167. The van der Waals surface area contributed by atoms with Crippen molar-refractivity contribution in [2.75, 3.05) is 0 Å². The minimum absolute atomic E-state index is 0.0211. The van der Waals surface area contributed by atoms with Crippen LogP contribution in [-0.2, 0) is 6.54 Å². The number of aliphatic hydroxyl groups excluding tert-OH is 1. The predicted octanol–water partition coefficient (Wildman–Crippen LogP) is 2.04. The van der Waals surface area contributed by atoms with Crippen molar-refractivity contribution in [2.45, 2.75) is 12.6 Å². The number of aliphatic hydroxyl groups is 1. The van der Waals surface area contributed by atoms with Crippen LogP contribution in [0.5, 0.6) is 0 Å². The first-order valence-electron chi connectivity index (χ1n) is 4.85. The van der Waals surface area contributed by atoms with Gasteiger partial charge in [-0.1, -0.05) is 24.8 Å². The molecule has 0 saturated heterocycles. The average molecular weight is 202 g/mol. The van der Waals surface area contributed by atoms with Crippen LogP contribution in [0.2, 0.25) is 0 Å². The van der Waals surface area contributed by atoms with Crippen molar-refractivity contribution in [2.24, 2.45) is 5.73 Å². The van der Waals surface area contributed by atoms with Crippen LogP contribution in [0.3, 0.4) is 0 Å². The highest BCUT2D eigenvalue weighted by atomic mass is 16.3. The molecular formula is C12H14N2O. The van der Waals surface area contributed by atoms with E-state index in [9.17, 15) is 0 Å². The predicted molar refractivity (Wildman–Crippen MR) is 61.7 cm³/mol. The van der Waals surface area contributed by atoms with Gasteiger partial charge >= 0.3 is 0 Å². The molecule has 3 heteroatoms. The zero-order chi connectivity index (χ0) is 10.8. The Labute approximate surface area is 88.4 Å². The van der Waals surface area contributed by atoms with E-state index in [1.54, 1.807) is 0 Å². The van der Waals surface area contributed by atoms with Gasteiger partial charge in [0.05, 0.1) is 6.04 Å². The van der Waals surface area contributed by atoms with E-state index in [4.69, 9.17) is 10.8 Å². The second kappa shape index (κ2) is 3.79. The molecule has 1 aromatic carbocycles. The summed E-state index contributed by atoms with van der Waals surface area (Å²) in [5.74, 6) is 0.0211. The molecule has 2 rings (SSSR count). The van der Waals surface area contributed by atoms with Crippen LogP contribution in [0.4, 0.5) is 0 Å². The zero-order valence-electron chi connectivity index (χ0n) is 8.43. The minimum Gasteiger partial charge on any atom is -0.511 e. The first-order valence-corrected chi connectivity index (χ1v) is 4.85. The highest BCUT2D eigenvalue weighted by Crippen LogP contribution is 2.15. The molecule has 0 bridgehead atoms. The highest BCUT2D eigenvalue weighted by molar-refractivity contribution is 5.79. The summed E-state index contributed by atoms with van der Waals surface area (Å²) in [6.07, 6.45) is 1.97. The lowest BCUT2D eigenvalue weighted by Gasteiger charge is -2.11. The van der Waals surface area contributed by atoms with Gasteiger partial charge in [-0.25, -0.2) is 0 Å². The number of benzene rings is 1. The molecule has 78 valence electrons. The van der Waals surface area contributed by atoms with Crippen LogP contribution < -0.4 is 5.73 Å². The third-order valence-electron chi connectivity index (χ3n) is 2.50. The molecule has 0 radical (unpaired) electrons. The van der Waals surface area contributed by atoms with Gasteiger partial charge in [-0.15, -0.1) is 0 Å². The van der Waals surface area contributed by atoms with Crippen LogP contribution in [-0.4, -0.2) is 15.7 Å². The van der Waals surface area contributed by atoms with Gasteiger partial charge < -0.3 is 15.4 Å². The molecule has 1 unspecified atom stereocenters. The Morgan fingerprint density at radius 1 is 1.40 bits per heavy atom. The number of nitrogens with two attached hydrogens (primary N) is 1. The highest BCUT2D eigenvalue weighted by Gasteiger charge is 2.07. The molecule has 2 aromatic rings. The van der Waals surface area contributed by atoms with Gasteiger partial charge in [-0.05, 0) is 17.5 Å². The maximum absolute atomic E-state index is 9.16. The lowest BCUT2D eigenvalue weighted by molar-refractivity contribution is 0.355. The molecule has 1 aromatic heterocycles. The van der Waals surface area contributed by atoms with Gasteiger partial charge in [0, 0.05) is 18.3 Å². The Balaban J connectivity index is 2.32. The smallest absolute Gasteiger partial charge is 0.104 e. The summed E-state index contributed by atoms with van der Waals surface area (Å²) in [5.41, 5.74) is 6.85. The van der Waals surface area contributed by atoms with Gasteiger partial charge in [-0.2, -0.15) is 0 Å². The molecule has 3 N–H and O–H groups in total. The maximum Gasteiger partial charge on any atom is 0.104 e. The third kappa shape index (κ3) is 1.87. The molecule has 0 fully saturated rings. The summed E-state index contributed by atoms with van der Waals surface area (Å²) < 4.78 is 2.02. The van der Waals surface area contributed by atoms with Crippen LogP contribution in [0.1, 0.15) is 0 Å². The molecule has 0 aliphatic rings. The van der Waals surface area contributed by atoms with E-state index in [1.807, 2.05) is 41.1 Å². The van der Waals surface area contributed by atoms with E-state index < -0.39 is 6.04 Å². The summed E-state index contributed by atoms with van der Waals surface area (Å²) in [7, 11) is 0. The lowest BCUT2D eigenvalue weighted by atomic mass is 10.2. The quantitative estimate of drug-likeness (QED) is 0.748. The SMILES string of the molecule is C=C(O)C(N)Cn1ccc2ccccc21. The zero-order valence-corrected chi connectivity index (χ0v) is 8.43. The fourth-order valence-corrected chi connectivity index (χ4v) is 1.62. The first-order chi connectivity index (χ1) is 7.18. The number of rotatable bonds is 3. The van der Waals surface area contributed by atoms with Crippen molar-refractivity contribution in [3.63, 3.8) is 0 Å². The second-order valence-corrected chi connectivity index (χ2v) is 3.62. The van der Waals surface area contributed by atoms with Gasteiger partial charge in [0.2, 0.25) is 0 Å². The molecule has 3 nitrogen and oxygen atoms in total. The molecule has 15 heavy (non-hydrogen) atoms. The Morgan fingerprint density at radius 3 is 2.87 bits per heavy atom. The molecule has 1 heterocycles. The van der Waals surface area contributed by atoms with Crippen LogP contribution >= 0.6 is 0 Å². The standard InChI is InChI=1S/C12H14N2O/c1-9(15)11(13)8-14-7-6-10-4-2-3-5-12(10)14/h2-7,11,15H,1,8,13H2. The van der Waals surface area contributed by atoms with Crippen molar-refractivity contribution in [1.29, 1.82) is 0 Å². The normalized spacial score (nSPS) is 12.9. The summed E-state index contributed by atoms with van der Waals surface area (Å²) >= 11 is 0. The molecule has 0 spiro atoms. The van der Waals surface area contributed by atoms with Crippen molar-refractivity contribution in [3.8, 4) is 0 Å². The number of para-hydroxylation sites is 1. The lowest BCUT2D eigenvalue weighted by Crippen LogP contribution is -2.27. The van der Waals surface area contributed by atoms with Gasteiger partial charge in [-0.3, -0.25) is 0 Å². The number of hydrogen-bond acceptors (Lipinski definition) is 2. The van der Waals surface area contributed by atoms with Crippen LogP contribution in [0.15, 0.2) is 48.9 Å². The fourth-order valence-electron chi connectivity index (χ4n) is 1.62. The van der Waals surface area contributed by atoms with E-state index in [2.05, 4.69) is 6.58 Å². The summed E-state index contributed by atoms with van der Waals surface area (Å²) in [5, 5.41) is 10.3. The molecular weight excluding hydrogens is 188 g/mol. The van der Waals surface area contributed by atoms with Crippen LogP contribution in [0.25, 0.3) is 10.9 Å². The number of aromatic nitrogens is 1. The molecule has 0 saturated carbocycles. The Hall–Kier alpha value is -1.74. The van der Waals surface area contributed by atoms with Crippen LogP contribution in [0, 0.1) is 0 Å². The van der Waals surface area contributed by atoms with Gasteiger partial charge in [0.25, 0.3) is 0 Å². The van der Waals surface area contributed by atoms with Crippen molar-refractivity contribution in [1.82, 2.24) is 4.57 Å². The van der Waals surface area contributed by atoms with E-state index in [1.165, 1.54) is 5.39 Å². The molecule has 0 aliphatic heterocycles. The van der Waals surface area contributed by atoms with Gasteiger partial charge in [0.15, 0.2) is 0 Å². The third-order valence-corrected chi connectivity index (χ3v) is 2.50. The molecule has 0 amide bonds. The summed E-state index contributed by atoms with van der Waals surface area (Å²) in [6.45, 7) is 3.98. The van der Waals surface area contributed by atoms with E-state index >= 15 is 0 Å². The van der Waals surface area contributed by atoms with Crippen molar-refractivity contribution in [3.05, 3.63) is 48.9 Å². The minimum atomic E-state index is -0.416. The topological polar surface area (TPSA) is 51.2 Å². The maximum atomic E-state index is 9.16. The summed E-state index contributed by atoms with van der Waals surface area (Å²) in [4.78, 5) is 0. The number of fused-ring (bicyclic) bond motifs is 1. The number of nitrogens with zero attached hydrogens (tertiary/aromatic N) is 1. The van der Waals surface area contributed by atoms with Crippen molar-refractivity contribution < 1.29 is 5.11 Å². The van der Waals surface area contributed by atoms with E-state index in [-0.39, 0.29) is 5.76 Å². The largest absolute Gasteiger partial charge is 0.511 e.